The van der Waals surface area contributed by atoms with E-state index in [-0.39, 0.29) is 23.8 Å². The maximum atomic E-state index is 12.7. The van der Waals surface area contributed by atoms with Gasteiger partial charge in [0.2, 0.25) is 10.0 Å². The highest BCUT2D eigenvalue weighted by Crippen LogP contribution is 2.51. The molecule has 0 N–H and O–H groups in total. The SMILES string of the molecule is CCOC(=O)[C@H]1[C@@H]2C(=O)CN(S(=O)(=O)c3ccc(C)cc3)[C@@H]21. The van der Waals surface area contributed by atoms with Crippen LogP contribution in [0.1, 0.15) is 12.5 Å². The lowest BCUT2D eigenvalue weighted by Gasteiger charge is -2.19. The molecule has 3 rings (SSSR count). The summed E-state index contributed by atoms with van der Waals surface area (Å²) in [5.41, 5.74) is 0.949. The van der Waals surface area contributed by atoms with Gasteiger partial charge in [0, 0.05) is 0 Å². The molecule has 0 unspecified atom stereocenters. The highest BCUT2D eigenvalue weighted by atomic mass is 32.2. The van der Waals surface area contributed by atoms with Gasteiger partial charge in [-0.2, -0.15) is 4.31 Å². The number of carbonyl (C=O) groups is 2. The Kier molecular flexibility index (Phi) is 3.57. The fourth-order valence-corrected chi connectivity index (χ4v) is 4.65. The molecular formula is C15H17NO5S. The third-order valence-corrected chi connectivity index (χ3v) is 6.04. The molecular weight excluding hydrogens is 306 g/mol. The summed E-state index contributed by atoms with van der Waals surface area (Å²) in [6, 6.07) is 5.86. The molecule has 3 atom stereocenters. The van der Waals surface area contributed by atoms with Gasteiger partial charge < -0.3 is 4.74 Å². The van der Waals surface area contributed by atoms with Crippen molar-refractivity contribution in [1.29, 1.82) is 0 Å². The minimum absolute atomic E-state index is 0.140. The highest BCUT2D eigenvalue weighted by Gasteiger charge is 2.69. The molecule has 2 fully saturated rings. The van der Waals surface area contributed by atoms with Crippen molar-refractivity contribution < 1.29 is 22.7 Å². The number of hydrogen-bond donors (Lipinski definition) is 0. The number of fused-ring (bicyclic) bond motifs is 1. The van der Waals surface area contributed by atoms with Crippen LogP contribution in [0.15, 0.2) is 29.2 Å². The number of ether oxygens (including phenoxy) is 1. The molecule has 22 heavy (non-hydrogen) atoms. The standard InChI is InChI=1S/C15H17NO5S/c1-3-21-15(18)13-12-11(17)8-16(14(12)13)22(19,20)10-6-4-9(2)5-7-10/h4-7,12-14H,3,8H2,1-2H3/t12-,13-,14-/m0/s1. The maximum Gasteiger partial charge on any atom is 0.311 e. The Morgan fingerprint density at radius 2 is 1.95 bits per heavy atom. The molecule has 1 saturated heterocycles. The van der Waals surface area contributed by atoms with E-state index in [0.717, 1.165) is 9.87 Å². The van der Waals surface area contributed by atoms with Crippen LogP contribution in [0.2, 0.25) is 0 Å². The Balaban J connectivity index is 1.88. The number of sulfonamides is 1. The Morgan fingerprint density at radius 1 is 1.32 bits per heavy atom. The number of carbonyl (C=O) groups excluding carboxylic acids is 2. The second-order valence-corrected chi connectivity index (χ2v) is 7.51. The van der Waals surface area contributed by atoms with Crippen LogP contribution in [0.25, 0.3) is 0 Å². The van der Waals surface area contributed by atoms with Crippen molar-refractivity contribution in [3.63, 3.8) is 0 Å². The molecule has 7 heteroatoms. The number of rotatable bonds is 4. The van der Waals surface area contributed by atoms with Gasteiger partial charge in [-0.15, -0.1) is 0 Å². The predicted molar refractivity (Wildman–Crippen MR) is 77.5 cm³/mol. The van der Waals surface area contributed by atoms with Gasteiger partial charge >= 0.3 is 5.97 Å². The van der Waals surface area contributed by atoms with Crippen LogP contribution in [0, 0.1) is 18.8 Å². The first kappa shape index (κ1) is 15.2. The van der Waals surface area contributed by atoms with E-state index in [4.69, 9.17) is 4.74 Å². The van der Waals surface area contributed by atoms with E-state index in [2.05, 4.69) is 0 Å². The normalized spacial score (nSPS) is 27.5. The van der Waals surface area contributed by atoms with Crippen molar-refractivity contribution >= 4 is 21.8 Å². The molecule has 118 valence electrons. The summed E-state index contributed by atoms with van der Waals surface area (Å²) in [5, 5.41) is 0. The van der Waals surface area contributed by atoms with Gasteiger partial charge in [0.1, 0.15) is 0 Å². The average Bonchev–Trinajstić information content (AvgIpc) is 3.11. The third-order valence-electron chi connectivity index (χ3n) is 4.18. The van der Waals surface area contributed by atoms with Crippen molar-refractivity contribution in [2.45, 2.75) is 24.8 Å². The lowest BCUT2D eigenvalue weighted by Crippen LogP contribution is -2.35. The fraction of sp³-hybridized carbons (Fsp3) is 0.467. The van der Waals surface area contributed by atoms with Crippen molar-refractivity contribution in [3.8, 4) is 0 Å². The van der Waals surface area contributed by atoms with Gasteiger partial charge in [-0.05, 0) is 26.0 Å². The smallest absolute Gasteiger partial charge is 0.311 e. The molecule has 1 aromatic carbocycles. The number of nitrogens with zero attached hydrogens (tertiary/aromatic N) is 1. The van der Waals surface area contributed by atoms with Gasteiger partial charge in [-0.3, -0.25) is 9.59 Å². The number of hydrogen-bond acceptors (Lipinski definition) is 5. The summed E-state index contributed by atoms with van der Waals surface area (Å²) in [4.78, 5) is 23.9. The molecule has 0 amide bonds. The number of aryl methyl sites for hydroxylation is 1. The monoisotopic (exact) mass is 323 g/mol. The van der Waals surface area contributed by atoms with E-state index in [9.17, 15) is 18.0 Å². The first-order valence-electron chi connectivity index (χ1n) is 7.15. The van der Waals surface area contributed by atoms with Crippen LogP contribution < -0.4 is 0 Å². The van der Waals surface area contributed by atoms with Crippen LogP contribution in [-0.2, 0) is 24.3 Å². The van der Waals surface area contributed by atoms with Crippen molar-refractivity contribution in [2.24, 2.45) is 11.8 Å². The van der Waals surface area contributed by atoms with Crippen LogP contribution in [-0.4, -0.2) is 43.7 Å². The summed E-state index contributed by atoms with van der Waals surface area (Å²) in [7, 11) is -3.77. The number of ketones is 1. The summed E-state index contributed by atoms with van der Waals surface area (Å²) in [6.07, 6.45) is 0. The molecule has 0 aromatic heterocycles. The zero-order valence-electron chi connectivity index (χ0n) is 12.4. The van der Waals surface area contributed by atoms with E-state index in [0.29, 0.717) is 0 Å². The first-order chi connectivity index (χ1) is 10.4. The van der Waals surface area contributed by atoms with Crippen molar-refractivity contribution in [1.82, 2.24) is 4.31 Å². The second kappa shape index (κ2) is 5.17. The summed E-state index contributed by atoms with van der Waals surface area (Å²) < 4.78 is 31.4. The van der Waals surface area contributed by atoms with Crippen LogP contribution in [0.3, 0.4) is 0 Å². The zero-order chi connectivity index (χ0) is 16.1. The van der Waals surface area contributed by atoms with E-state index >= 15 is 0 Å². The summed E-state index contributed by atoms with van der Waals surface area (Å²) >= 11 is 0. The number of benzene rings is 1. The van der Waals surface area contributed by atoms with Crippen LogP contribution in [0.4, 0.5) is 0 Å². The quantitative estimate of drug-likeness (QED) is 0.764. The second-order valence-electron chi connectivity index (χ2n) is 5.62. The lowest BCUT2D eigenvalue weighted by atomic mass is 10.2. The molecule has 6 nitrogen and oxygen atoms in total. The molecule has 0 spiro atoms. The van der Waals surface area contributed by atoms with E-state index in [1.807, 2.05) is 6.92 Å². The van der Waals surface area contributed by atoms with Crippen molar-refractivity contribution in [3.05, 3.63) is 29.8 Å². The average molecular weight is 323 g/mol. The van der Waals surface area contributed by atoms with E-state index in [1.165, 1.54) is 12.1 Å². The predicted octanol–water partition coefficient (Wildman–Crippen LogP) is 0.746. The van der Waals surface area contributed by atoms with E-state index in [1.54, 1.807) is 19.1 Å². The molecule has 0 bridgehead atoms. The number of piperidine rings is 1. The fourth-order valence-electron chi connectivity index (χ4n) is 3.02. The molecule has 2 aliphatic rings. The Morgan fingerprint density at radius 3 is 2.55 bits per heavy atom. The van der Waals surface area contributed by atoms with Gasteiger partial charge in [-0.1, -0.05) is 17.7 Å². The molecule has 1 heterocycles. The molecule has 1 aliphatic heterocycles. The van der Waals surface area contributed by atoms with Crippen molar-refractivity contribution in [2.75, 3.05) is 13.2 Å². The minimum atomic E-state index is -3.77. The van der Waals surface area contributed by atoms with Gasteiger partial charge in [0.15, 0.2) is 5.78 Å². The molecule has 0 radical (unpaired) electrons. The first-order valence-corrected chi connectivity index (χ1v) is 8.59. The maximum absolute atomic E-state index is 12.7. The molecule has 1 saturated carbocycles. The van der Waals surface area contributed by atoms with Gasteiger partial charge in [0.05, 0.1) is 35.9 Å². The lowest BCUT2D eigenvalue weighted by molar-refractivity contribution is -0.146. The molecule has 1 aromatic rings. The summed E-state index contributed by atoms with van der Waals surface area (Å²) in [5.74, 6) is -1.89. The van der Waals surface area contributed by atoms with Gasteiger partial charge in [0.25, 0.3) is 0 Å². The zero-order valence-corrected chi connectivity index (χ0v) is 13.2. The Bertz CT molecular complexity index is 725. The summed E-state index contributed by atoms with van der Waals surface area (Å²) in [6.45, 7) is 3.59. The van der Waals surface area contributed by atoms with Crippen LogP contribution in [0.5, 0.6) is 0 Å². The molecule has 1 aliphatic carbocycles. The van der Waals surface area contributed by atoms with Gasteiger partial charge in [-0.25, -0.2) is 8.42 Å². The van der Waals surface area contributed by atoms with Crippen LogP contribution >= 0.6 is 0 Å². The minimum Gasteiger partial charge on any atom is -0.466 e. The largest absolute Gasteiger partial charge is 0.466 e. The Labute approximate surface area is 129 Å². The third kappa shape index (κ3) is 2.24. The van der Waals surface area contributed by atoms with E-state index < -0.39 is 33.9 Å². The number of Topliss-reactive ketones (excluding diaryl/α,β-unsaturated/α-hetero) is 1. The Hall–Kier alpha value is -1.73. The topological polar surface area (TPSA) is 80.8 Å². The number of esters is 1. The highest BCUT2D eigenvalue weighted by molar-refractivity contribution is 7.89.